The van der Waals surface area contributed by atoms with Gasteiger partial charge in [0.05, 0.1) is 17.8 Å². The quantitative estimate of drug-likeness (QED) is 0.614. The summed E-state index contributed by atoms with van der Waals surface area (Å²) in [5.41, 5.74) is 0.278. The van der Waals surface area contributed by atoms with Crippen LogP contribution >= 0.6 is 0 Å². The highest BCUT2D eigenvalue weighted by Gasteiger charge is 2.57. The summed E-state index contributed by atoms with van der Waals surface area (Å²) in [5, 5.41) is 20.0. The lowest BCUT2D eigenvalue weighted by molar-refractivity contribution is -0.143. The topological polar surface area (TPSA) is 126 Å². The van der Waals surface area contributed by atoms with Gasteiger partial charge in [-0.05, 0) is 18.2 Å². The van der Waals surface area contributed by atoms with E-state index in [1.165, 1.54) is 52.3 Å². The molecule has 0 radical (unpaired) electrons. The number of amides is 1. The maximum absolute atomic E-state index is 14.3. The minimum Gasteiger partial charge on any atom is -0.480 e. The number of hydrogen-bond donors (Lipinski definition) is 2. The van der Waals surface area contributed by atoms with Crippen molar-refractivity contribution in [3.63, 3.8) is 0 Å². The maximum Gasteiger partial charge on any atom is 0.326 e. The Hall–Kier alpha value is -3.92. The van der Waals surface area contributed by atoms with Gasteiger partial charge in [0.1, 0.15) is 17.6 Å². The van der Waals surface area contributed by atoms with Crippen molar-refractivity contribution in [2.45, 2.75) is 18.6 Å². The SMILES string of the molecule is O=C(O)[C@@H]1[C@@H](CO)[C@@H]2Cn3c(ccc(-c4ccccc4F)c3=O)[C@@H]2N1C(=O)c1cnccn1. The number of aliphatic hydroxyl groups excluding tert-OH is 1. The Bertz CT molecular complexity index is 1310. The predicted molar refractivity (Wildman–Crippen MR) is 113 cm³/mol. The van der Waals surface area contributed by atoms with Gasteiger partial charge in [0.15, 0.2) is 0 Å². The summed E-state index contributed by atoms with van der Waals surface area (Å²) in [6, 6.07) is 6.98. The first kappa shape index (κ1) is 21.0. The Balaban J connectivity index is 1.65. The van der Waals surface area contributed by atoms with Crippen LogP contribution in [0.25, 0.3) is 11.1 Å². The van der Waals surface area contributed by atoms with Crippen LogP contribution in [0.5, 0.6) is 0 Å². The Labute approximate surface area is 186 Å². The summed E-state index contributed by atoms with van der Waals surface area (Å²) >= 11 is 0. The highest BCUT2D eigenvalue weighted by Crippen LogP contribution is 2.49. The van der Waals surface area contributed by atoms with Gasteiger partial charge in [-0.2, -0.15) is 0 Å². The minimum absolute atomic E-state index is 0.0372. The van der Waals surface area contributed by atoms with Crippen molar-refractivity contribution in [2.75, 3.05) is 6.61 Å². The Morgan fingerprint density at radius 1 is 1.12 bits per heavy atom. The molecule has 0 saturated carbocycles. The van der Waals surface area contributed by atoms with Crippen LogP contribution in [0.1, 0.15) is 22.2 Å². The largest absolute Gasteiger partial charge is 0.480 e. The number of aliphatic carboxylic acids is 1. The van der Waals surface area contributed by atoms with Gasteiger partial charge >= 0.3 is 5.97 Å². The summed E-state index contributed by atoms with van der Waals surface area (Å²) < 4.78 is 15.8. The number of carboxylic acid groups (broad SMARTS) is 1. The Kier molecular flexibility index (Phi) is 5.01. The summed E-state index contributed by atoms with van der Waals surface area (Å²) in [6.07, 6.45) is 3.96. The van der Waals surface area contributed by atoms with E-state index in [1.807, 2.05) is 0 Å². The second-order valence-corrected chi connectivity index (χ2v) is 8.11. The number of halogens is 1. The lowest BCUT2D eigenvalue weighted by atomic mass is 9.88. The molecule has 1 fully saturated rings. The average molecular weight is 450 g/mol. The lowest BCUT2D eigenvalue weighted by Crippen LogP contribution is -2.46. The van der Waals surface area contributed by atoms with Crippen molar-refractivity contribution in [2.24, 2.45) is 11.8 Å². The monoisotopic (exact) mass is 450 g/mol. The number of hydrogen-bond acceptors (Lipinski definition) is 6. The molecule has 4 atom stereocenters. The van der Waals surface area contributed by atoms with E-state index >= 15 is 0 Å². The van der Waals surface area contributed by atoms with Crippen molar-refractivity contribution in [1.82, 2.24) is 19.4 Å². The molecule has 9 nitrogen and oxygen atoms in total. The van der Waals surface area contributed by atoms with Crippen LogP contribution in [-0.2, 0) is 11.3 Å². The number of rotatable bonds is 4. The van der Waals surface area contributed by atoms with Gasteiger partial charge in [0, 0.05) is 48.6 Å². The number of nitrogens with zero attached hydrogens (tertiary/aromatic N) is 4. The molecular weight excluding hydrogens is 431 g/mol. The first-order valence-electron chi connectivity index (χ1n) is 10.3. The van der Waals surface area contributed by atoms with Gasteiger partial charge < -0.3 is 19.7 Å². The normalized spacial score (nSPS) is 23.3. The summed E-state index contributed by atoms with van der Waals surface area (Å²) in [5.74, 6) is -3.75. The molecule has 2 aliphatic heterocycles. The number of carbonyl (C=O) groups is 2. The van der Waals surface area contributed by atoms with E-state index in [0.29, 0.717) is 5.69 Å². The lowest BCUT2D eigenvalue weighted by Gasteiger charge is -2.28. The second kappa shape index (κ2) is 7.89. The highest BCUT2D eigenvalue weighted by atomic mass is 19.1. The second-order valence-electron chi connectivity index (χ2n) is 8.11. The highest BCUT2D eigenvalue weighted by molar-refractivity contribution is 5.95. The molecule has 0 bridgehead atoms. The summed E-state index contributed by atoms with van der Waals surface area (Å²) in [7, 11) is 0. The molecule has 2 N–H and O–H groups in total. The third kappa shape index (κ3) is 3.13. The smallest absolute Gasteiger partial charge is 0.326 e. The van der Waals surface area contributed by atoms with Gasteiger partial charge in [0.25, 0.3) is 11.5 Å². The van der Waals surface area contributed by atoms with E-state index in [1.54, 1.807) is 12.1 Å². The Morgan fingerprint density at radius 3 is 2.58 bits per heavy atom. The fraction of sp³-hybridized carbons (Fsp3) is 0.261. The first-order chi connectivity index (χ1) is 15.9. The van der Waals surface area contributed by atoms with Crippen LogP contribution in [0.4, 0.5) is 4.39 Å². The van der Waals surface area contributed by atoms with Gasteiger partial charge in [-0.25, -0.2) is 14.2 Å². The maximum atomic E-state index is 14.3. The van der Waals surface area contributed by atoms with E-state index in [4.69, 9.17) is 0 Å². The van der Waals surface area contributed by atoms with Crippen molar-refractivity contribution in [1.29, 1.82) is 0 Å². The number of aromatic nitrogens is 3. The molecule has 0 aliphatic carbocycles. The molecule has 0 unspecified atom stereocenters. The van der Waals surface area contributed by atoms with Crippen molar-refractivity contribution >= 4 is 11.9 Å². The molecule has 1 amide bonds. The molecule has 10 heteroatoms. The summed E-state index contributed by atoms with van der Waals surface area (Å²) in [6.45, 7) is -0.383. The fourth-order valence-corrected chi connectivity index (χ4v) is 5.12. The predicted octanol–water partition coefficient (Wildman–Crippen LogP) is 1.33. The number of likely N-dealkylation sites (tertiary alicyclic amines) is 1. The van der Waals surface area contributed by atoms with Crippen LogP contribution in [-0.4, -0.2) is 54.2 Å². The molecule has 3 aromatic rings. The molecule has 0 spiro atoms. The van der Waals surface area contributed by atoms with Crippen LogP contribution in [0.15, 0.2) is 59.8 Å². The van der Waals surface area contributed by atoms with E-state index in [0.717, 1.165) is 0 Å². The molecule has 33 heavy (non-hydrogen) atoms. The minimum atomic E-state index is -1.30. The molecule has 2 aromatic heterocycles. The molecule has 1 saturated heterocycles. The zero-order valence-corrected chi connectivity index (χ0v) is 17.2. The van der Waals surface area contributed by atoms with Crippen molar-refractivity contribution in [3.05, 3.63) is 82.5 Å². The number of fused-ring (bicyclic) bond motifs is 3. The van der Waals surface area contributed by atoms with Crippen LogP contribution < -0.4 is 5.56 Å². The van der Waals surface area contributed by atoms with E-state index in [2.05, 4.69) is 9.97 Å². The van der Waals surface area contributed by atoms with Crippen LogP contribution in [0.3, 0.4) is 0 Å². The van der Waals surface area contributed by atoms with Gasteiger partial charge in [-0.3, -0.25) is 14.6 Å². The van der Waals surface area contributed by atoms with Crippen LogP contribution in [0.2, 0.25) is 0 Å². The van der Waals surface area contributed by atoms with E-state index in [9.17, 15) is 29.0 Å². The van der Waals surface area contributed by atoms with Gasteiger partial charge in [0.2, 0.25) is 0 Å². The number of pyridine rings is 1. The average Bonchev–Trinajstić information content (AvgIpc) is 3.35. The molecule has 1 aromatic carbocycles. The van der Waals surface area contributed by atoms with E-state index in [-0.39, 0.29) is 23.4 Å². The molecule has 4 heterocycles. The first-order valence-corrected chi connectivity index (χ1v) is 10.3. The third-order valence-electron chi connectivity index (χ3n) is 6.51. The zero-order valence-electron chi connectivity index (χ0n) is 17.2. The van der Waals surface area contributed by atoms with Gasteiger partial charge in [-0.1, -0.05) is 18.2 Å². The number of carboxylic acids is 1. The van der Waals surface area contributed by atoms with Crippen molar-refractivity contribution in [3.8, 4) is 11.1 Å². The number of benzene rings is 1. The Morgan fingerprint density at radius 2 is 1.91 bits per heavy atom. The number of aliphatic hydroxyl groups is 1. The van der Waals surface area contributed by atoms with Gasteiger partial charge in [-0.15, -0.1) is 0 Å². The molecular formula is C23H19FN4O5. The third-order valence-corrected chi connectivity index (χ3v) is 6.51. The van der Waals surface area contributed by atoms with Crippen molar-refractivity contribution < 1.29 is 24.2 Å². The zero-order chi connectivity index (χ0) is 23.3. The molecule has 168 valence electrons. The van der Waals surface area contributed by atoms with Crippen LogP contribution in [0, 0.1) is 17.7 Å². The van der Waals surface area contributed by atoms with E-state index < -0.39 is 53.8 Å². The fourth-order valence-electron chi connectivity index (χ4n) is 5.12. The molecule has 2 aliphatic rings. The summed E-state index contributed by atoms with van der Waals surface area (Å²) in [4.78, 5) is 47.8. The standard InChI is InChI=1S/C23H19FN4O5/c24-16-4-2-1-3-12(16)13-5-6-18-19-14(10-27(18)21(13)30)15(11-29)20(23(32)33)28(19)22(31)17-9-25-7-8-26-17/h1-9,14-15,19-20,29H,10-11H2,(H,32,33)/t14-,15-,19+,20-/m0/s1. The number of carbonyl (C=O) groups excluding carboxylic acids is 1. The molecule has 5 rings (SSSR count).